The van der Waals surface area contributed by atoms with Crippen molar-refractivity contribution >= 4 is 0 Å². The van der Waals surface area contributed by atoms with Gasteiger partial charge in [0, 0.05) is 0 Å². The lowest BCUT2D eigenvalue weighted by Crippen LogP contribution is -2.18. The Hall–Kier alpha value is -0.0400. The molecule has 18 heavy (non-hydrogen) atoms. The number of epoxide rings is 1. The molecular weight excluding hydrogens is 220 g/mol. The minimum Gasteiger partial charge on any atom is -0.366 e. The fourth-order valence-electron chi connectivity index (χ4n) is 3.70. The molecule has 0 saturated carbocycles. The molecule has 1 heteroatoms. The van der Waals surface area contributed by atoms with E-state index in [1.807, 2.05) is 0 Å². The monoisotopic (exact) mass is 254 g/mol. The smallest absolute Gasteiger partial charge is 0.0920 e. The van der Waals surface area contributed by atoms with Crippen LogP contribution in [0.5, 0.6) is 0 Å². The third-order valence-corrected chi connectivity index (χ3v) is 4.61. The predicted molar refractivity (Wildman–Crippen MR) is 79.8 cm³/mol. The third kappa shape index (κ3) is 4.57. The van der Waals surface area contributed by atoms with Crippen LogP contribution in [-0.2, 0) is 4.74 Å². The van der Waals surface area contributed by atoms with E-state index in [9.17, 15) is 0 Å². The lowest BCUT2D eigenvalue weighted by atomic mass is 9.83. The second-order valence-electron chi connectivity index (χ2n) is 7.49. The van der Waals surface area contributed by atoms with Crippen LogP contribution in [0.15, 0.2) is 0 Å². The molecule has 1 nitrogen and oxygen atoms in total. The van der Waals surface area contributed by atoms with Crippen molar-refractivity contribution < 1.29 is 4.74 Å². The zero-order valence-electron chi connectivity index (χ0n) is 13.6. The molecule has 0 aromatic heterocycles. The van der Waals surface area contributed by atoms with Crippen LogP contribution in [0.4, 0.5) is 0 Å². The first-order valence-electron chi connectivity index (χ1n) is 7.96. The molecule has 0 spiro atoms. The molecule has 1 saturated heterocycles. The summed E-state index contributed by atoms with van der Waals surface area (Å²) in [6.45, 7) is 16.4. The summed E-state index contributed by atoms with van der Waals surface area (Å²) in [4.78, 5) is 0. The Bertz CT molecular complexity index is 248. The van der Waals surface area contributed by atoms with Crippen LogP contribution in [0.1, 0.15) is 74.1 Å². The lowest BCUT2D eigenvalue weighted by Gasteiger charge is -2.21. The van der Waals surface area contributed by atoms with Gasteiger partial charge in [0.15, 0.2) is 0 Å². The van der Waals surface area contributed by atoms with Crippen molar-refractivity contribution in [3.8, 4) is 0 Å². The van der Waals surface area contributed by atoms with Crippen LogP contribution in [0, 0.1) is 23.7 Å². The highest BCUT2D eigenvalue weighted by Gasteiger charge is 2.53. The van der Waals surface area contributed by atoms with Crippen LogP contribution in [0.3, 0.4) is 0 Å². The predicted octanol–water partition coefficient (Wildman–Crippen LogP) is 5.29. The Morgan fingerprint density at radius 1 is 0.944 bits per heavy atom. The summed E-state index contributed by atoms with van der Waals surface area (Å²) < 4.78 is 5.89. The number of rotatable bonds is 8. The molecule has 1 heterocycles. The van der Waals surface area contributed by atoms with Gasteiger partial charge in [0.1, 0.15) is 0 Å². The van der Waals surface area contributed by atoms with Crippen LogP contribution in [0.2, 0.25) is 0 Å². The standard InChI is InChI=1S/C17H34O/c1-8-17(7)16(18-17)15(6)11-14(5)10-13(4)9-12(2)3/h12-16H,8-11H2,1-7H3/t13?,14?,15?,16-,17-/m1/s1. The summed E-state index contributed by atoms with van der Waals surface area (Å²) >= 11 is 0. The Balaban J connectivity index is 2.26. The second-order valence-corrected chi connectivity index (χ2v) is 7.49. The van der Waals surface area contributed by atoms with Gasteiger partial charge in [-0.25, -0.2) is 0 Å². The molecule has 0 bridgehead atoms. The first-order valence-corrected chi connectivity index (χ1v) is 7.96. The van der Waals surface area contributed by atoms with E-state index in [4.69, 9.17) is 4.74 Å². The van der Waals surface area contributed by atoms with Gasteiger partial charge in [0.25, 0.3) is 0 Å². The number of ether oxygens (including phenoxy) is 1. The maximum Gasteiger partial charge on any atom is 0.0920 e. The fourth-order valence-corrected chi connectivity index (χ4v) is 3.70. The van der Waals surface area contributed by atoms with Crippen molar-refractivity contribution in [2.24, 2.45) is 23.7 Å². The molecule has 3 unspecified atom stereocenters. The van der Waals surface area contributed by atoms with Gasteiger partial charge in [0.2, 0.25) is 0 Å². The van der Waals surface area contributed by atoms with Gasteiger partial charge in [0.05, 0.1) is 11.7 Å². The highest BCUT2D eigenvalue weighted by Crippen LogP contribution is 2.45. The van der Waals surface area contributed by atoms with Gasteiger partial charge in [-0.1, -0.05) is 41.5 Å². The molecular formula is C17H34O. The third-order valence-electron chi connectivity index (χ3n) is 4.61. The average molecular weight is 254 g/mol. The van der Waals surface area contributed by atoms with Gasteiger partial charge in [-0.2, -0.15) is 0 Å². The molecule has 0 aromatic rings. The molecule has 1 fully saturated rings. The van der Waals surface area contributed by atoms with Gasteiger partial charge >= 0.3 is 0 Å². The molecule has 1 aliphatic heterocycles. The molecule has 0 radical (unpaired) electrons. The van der Waals surface area contributed by atoms with Crippen molar-refractivity contribution in [3.05, 3.63) is 0 Å². The van der Waals surface area contributed by atoms with E-state index in [1.165, 1.54) is 19.3 Å². The molecule has 0 aromatic carbocycles. The van der Waals surface area contributed by atoms with Crippen LogP contribution >= 0.6 is 0 Å². The normalized spacial score (nSPS) is 32.3. The van der Waals surface area contributed by atoms with E-state index >= 15 is 0 Å². The van der Waals surface area contributed by atoms with Gasteiger partial charge in [-0.05, 0) is 56.3 Å². The Labute approximate surface area is 115 Å². The number of hydrogen-bond donors (Lipinski definition) is 0. The van der Waals surface area contributed by atoms with Crippen molar-refractivity contribution in [1.82, 2.24) is 0 Å². The van der Waals surface area contributed by atoms with Gasteiger partial charge in [-0.15, -0.1) is 0 Å². The maximum absolute atomic E-state index is 5.89. The minimum atomic E-state index is 0.197. The summed E-state index contributed by atoms with van der Waals surface area (Å²) in [5, 5.41) is 0. The summed E-state index contributed by atoms with van der Waals surface area (Å²) in [7, 11) is 0. The summed E-state index contributed by atoms with van der Waals surface area (Å²) in [5.41, 5.74) is 0.197. The molecule has 1 aliphatic rings. The van der Waals surface area contributed by atoms with E-state index in [1.54, 1.807) is 0 Å². The fraction of sp³-hybridized carbons (Fsp3) is 1.00. The van der Waals surface area contributed by atoms with E-state index in [0.717, 1.165) is 30.1 Å². The second kappa shape index (κ2) is 6.41. The molecule has 108 valence electrons. The maximum atomic E-state index is 5.89. The van der Waals surface area contributed by atoms with E-state index in [0.29, 0.717) is 6.10 Å². The Morgan fingerprint density at radius 2 is 1.50 bits per heavy atom. The van der Waals surface area contributed by atoms with Crippen LogP contribution in [-0.4, -0.2) is 11.7 Å². The zero-order chi connectivity index (χ0) is 13.9. The minimum absolute atomic E-state index is 0.197. The zero-order valence-corrected chi connectivity index (χ0v) is 13.6. The topological polar surface area (TPSA) is 12.5 Å². The van der Waals surface area contributed by atoms with Crippen molar-refractivity contribution in [3.63, 3.8) is 0 Å². The highest BCUT2D eigenvalue weighted by molar-refractivity contribution is 5.00. The van der Waals surface area contributed by atoms with Crippen molar-refractivity contribution in [1.29, 1.82) is 0 Å². The molecule has 5 atom stereocenters. The van der Waals surface area contributed by atoms with Crippen molar-refractivity contribution in [2.75, 3.05) is 0 Å². The SMILES string of the molecule is CC[C@@]1(C)O[C@@H]1C(C)CC(C)CC(C)CC(C)C. The summed E-state index contributed by atoms with van der Waals surface area (Å²) in [5.74, 6) is 3.25. The Kier molecular flexibility index (Phi) is 5.70. The molecule has 0 aliphatic carbocycles. The first-order chi connectivity index (χ1) is 8.28. The van der Waals surface area contributed by atoms with E-state index in [2.05, 4.69) is 48.5 Å². The van der Waals surface area contributed by atoms with Gasteiger partial charge < -0.3 is 4.74 Å². The van der Waals surface area contributed by atoms with Crippen molar-refractivity contribution in [2.45, 2.75) is 85.9 Å². The largest absolute Gasteiger partial charge is 0.366 e. The van der Waals surface area contributed by atoms with E-state index in [-0.39, 0.29) is 5.60 Å². The number of hydrogen-bond acceptors (Lipinski definition) is 1. The lowest BCUT2D eigenvalue weighted by molar-refractivity contribution is 0.257. The van der Waals surface area contributed by atoms with Crippen LogP contribution in [0.25, 0.3) is 0 Å². The highest BCUT2D eigenvalue weighted by atomic mass is 16.6. The van der Waals surface area contributed by atoms with Crippen LogP contribution < -0.4 is 0 Å². The molecule has 0 N–H and O–H groups in total. The summed E-state index contributed by atoms with van der Waals surface area (Å²) in [6, 6.07) is 0. The van der Waals surface area contributed by atoms with Gasteiger partial charge in [-0.3, -0.25) is 0 Å². The Morgan fingerprint density at radius 3 is 1.94 bits per heavy atom. The summed E-state index contributed by atoms with van der Waals surface area (Å²) in [6.07, 6.45) is 5.73. The molecule has 0 amide bonds. The quantitative estimate of drug-likeness (QED) is 0.536. The molecule has 1 rings (SSSR count). The van der Waals surface area contributed by atoms with E-state index < -0.39 is 0 Å². The average Bonchev–Trinajstić information content (AvgIpc) is 2.90. The first kappa shape index (κ1) is 16.0.